The normalized spacial score (nSPS) is 19.1. The molecular weight excluding hydrogens is 541 g/mol. The highest BCUT2D eigenvalue weighted by atomic mass is 35.5. The first-order chi connectivity index (χ1) is 18.9. The molecule has 0 unspecified atom stereocenters. The van der Waals surface area contributed by atoms with E-state index in [0.29, 0.717) is 50.2 Å². The van der Waals surface area contributed by atoms with E-state index in [2.05, 4.69) is 15.2 Å². The van der Waals surface area contributed by atoms with Gasteiger partial charge in [0.25, 0.3) is 0 Å². The van der Waals surface area contributed by atoms with Crippen molar-refractivity contribution in [3.8, 4) is 11.3 Å². The Kier molecular flexibility index (Phi) is 6.10. The van der Waals surface area contributed by atoms with Gasteiger partial charge in [-0.15, -0.1) is 0 Å². The number of benzene rings is 2. The zero-order valence-corrected chi connectivity index (χ0v) is 22.7. The van der Waals surface area contributed by atoms with E-state index in [1.54, 1.807) is 6.07 Å². The number of carboxylic acid groups (broad SMARTS) is 1. The number of ether oxygens (including phenoxy) is 1. The summed E-state index contributed by atoms with van der Waals surface area (Å²) in [4.78, 5) is 13.6. The summed E-state index contributed by atoms with van der Waals surface area (Å²) >= 11 is 13.0. The van der Waals surface area contributed by atoms with Crippen molar-refractivity contribution in [1.82, 2.24) is 10.3 Å². The van der Waals surface area contributed by atoms with Crippen molar-refractivity contribution < 1.29 is 23.7 Å². The van der Waals surface area contributed by atoms with Gasteiger partial charge < -0.3 is 23.8 Å². The third-order valence-corrected chi connectivity index (χ3v) is 9.23. The van der Waals surface area contributed by atoms with Crippen molar-refractivity contribution in [1.29, 1.82) is 0 Å². The summed E-state index contributed by atoms with van der Waals surface area (Å²) in [6, 6.07) is 11.1. The maximum absolute atomic E-state index is 11.3. The van der Waals surface area contributed by atoms with Crippen LogP contribution in [0.25, 0.3) is 22.2 Å². The lowest BCUT2D eigenvalue weighted by molar-refractivity contribution is -0.0979. The van der Waals surface area contributed by atoms with Gasteiger partial charge in [0.05, 0.1) is 28.1 Å². The molecule has 1 aliphatic heterocycles. The molecule has 2 aromatic carbocycles. The van der Waals surface area contributed by atoms with Crippen LogP contribution in [0.2, 0.25) is 10.0 Å². The van der Waals surface area contributed by atoms with Gasteiger partial charge in [-0.3, -0.25) is 0 Å². The Morgan fingerprint density at radius 3 is 2.51 bits per heavy atom. The molecule has 0 amide bonds. The first-order valence-electron chi connectivity index (χ1n) is 13.3. The lowest BCUT2D eigenvalue weighted by Gasteiger charge is -2.52. The summed E-state index contributed by atoms with van der Waals surface area (Å²) in [6.07, 6.45) is 6.65. The third kappa shape index (κ3) is 4.48. The summed E-state index contributed by atoms with van der Waals surface area (Å²) in [5, 5.41) is 19.0. The number of carboxylic acids is 1. The molecule has 2 aromatic heterocycles. The van der Waals surface area contributed by atoms with Gasteiger partial charge in [-0.1, -0.05) is 39.6 Å². The summed E-state index contributed by atoms with van der Waals surface area (Å²) in [7, 11) is 0. The highest BCUT2D eigenvalue weighted by Crippen LogP contribution is 2.52. The molecule has 10 heteroatoms. The van der Waals surface area contributed by atoms with Gasteiger partial charge in [0.2, 0.25) is 0 Å². The van der Waals surface area contributed by atoms with Crippen LogP contribution >= 0.6 is 23.2 Å². The van der Waals surface area contributed by atoms with Crippen molar-refractivity contribution in [2.45, 2.75) is 57.2 Å². The molecule has 3 aliphatic rings. The fourth-order valence-electron chi connectivity index (χ4n) is 6.20. The van der Waals surface area contributed by atoms with Crippen molar-refractivity contribution in [3.63, 3.8) is 0 Å². The van der Waals surface area contributed by atoms with Crippen LogP contribution in [0.1, 0.15) is 66.3 Å². The van der Waals surface area contributed by atoms with Gasteiger partial charge in [-0.05, 0) is 68.2 Å². The number of aromatic carboxylic acids is 1. The number of aromatic nitrogens is 2. The highest BCUT2D eigenvalue weighted by Gasteiger charge is 2.47. The Morgan fingerprint density at radius 2 is 1.82 bits per heavy atom. The molecule has 0 atom stereocenters. The lowest BCUT2D eigenvalue weighted by atomic mass is 9.61. The summed E-state index contributed by atoms with van der Waals surface area (Å²) in [5.41, 5.74) is 4.15. The molecular formula is C29H27Cl2N3O5. The van der Waals surface area contributed by atoms with E-state index in [1.165, 1.54) is 0 Å². The molecule has 3 heterocycles. The van der Waals surface area contributed by atoms with Crippen molar-refractivity contribution >= 4 is 45.8 Å². The predicted molar refractivity (Wildman–Crippen MR) is 147 cm³/mol. The molecule has 2 saturated carbocycles. The Balaban J connectivity index is 0.988. The topological polar surface area (TPSA) is 102 Å². The first kappa shape index (κ1) is 24.9. The Hall–Kier alpha value is -3.07. The summed E-state index contributed by atoms with van der Waals surface area (Å²) in [6.45, 7) is 2.31. The molecule has 4 aromatic rings. The van der Waals surface area contributed by atoms with Crippen LogP contribution in [-0.4, -0.2) is 40.6 Å². The standard InChI is InChI=1S/C29H27Cl2N3O5/c30-21-2-1-3-22(31)24(21)25-20(27(39-32-25)16-4-5-16)15-37-18-13-29(14-18)8-10-34(11-9-29)17-6-7-19-23(12-17)38-33-26(19)28(35)36/h1-3,6-7,12,16,18H,4-5,8-11,13-15H2,(H,35,36). The number of nitrogens with zero attached hydrogens (tertiary/aromatic N) is 3. The molecule has 7 rings (SSSR count). The zero-order valence-electron chi connectivity index (χ0n) is 21.2. The van der Waals surface area contributed by atoms with Crippen molar-refractivity contribution in [3.05, 3.63) is 63.5 Å². The van der Waals surface area contributed by atoms with Crippen LogP contribution in [0, 0.1) is 5.41 Å². The van der Waals surface area contributed by atoms with Crippen LogP contribution in [-0.2, 0) is 11.3 Å². The van der Waals surface area contributed by atoms with E-state index < -0.39 is 5.97 Å². The van der Waals surface area contributed by atoms with Crippen LogP contribution in [0.4, 0.5) is 5.69 Å². The number of hydrogen-bond donors (Lipinski definition) is 1. The molecule has 0 radical (unpaired) electrons. The van der Waals surface area contributed by atoms with E-state index in [9.17, 15) is 9.90 Å². The van der Waals surface area contributed by atoms with E-state index in [-0.39, 0.29) is 11.8 Å². The summed E-state index contributed by atoms with van der Waals surface area (Å²) in [5.74, 6) is 0.220. The molecule has 3 fully saturated rings. The third-order valence-electron chi connectivity index (χ3n) is 8.60. The number of halogens is 2. The van der Waals surface area contributed by atoms with Crippen LogP contribution < -0.4 is 4.90 Å². The number of rotatable bonds is 7. The van der Waals surface area contributed by atoms with Crippen molar-refractivity contribution in [2.75, 3.05) is 18.0 Å². The number of piperidine rings is 1. The minimum Gasteiger partial charge on any atom is -0.476 e. The average molecular weight is 568 g/mol. The van der Waals surface area contributed by atoms with E-state index in [4.69, 9.17) is 37.0 Å². The smallest absolute Gasteiger partial charge is 0.358 e. The first-order valence-corrected chi connectivity index (χ1v) is 14.1. The second kappa shape index (κ2) is 9.54. The van der Waals surface area contributed by atoms with Gasteiger partial charge in [0.1, 0.15) is 11.5 Å². The lowest BCUT2D eigenvalue weighted by Crippen LogP contribution is -2.50. The second-order valence-corrected chi connectivity index (χ2v) is 11.9. The maximum atomic E-state index is 11.3. The molecule has 1 saturated heterocycles. The van der Waals surface area contributed by atoms with Gasteiger partial charge >= 0.3 is 5.97 Å². The van der Waals surface area contributed by atoms with Crippen LogP contribution in [0.3, 0.4) is 0 Å². The van der Waals surface area contributed by atoms with E-state index in [0.717, 1.165) is 68.6 Å². The number of carbonyl (C=O) groups is 1. The van der Waals surface area contributed by atoms with Crippen molar-refractivity contribution in [2.24, 2.45) is 5.41 Å². The largest absolute Gasteiger partial charge is 0.476 e. The van der Waals surface area contributed by atoms with Gasteiger partial charge in [-0.2, -0.15) is 0 Å². The molecule has 2 aliphatic carbocycles. The minimum atomic E-state index is -1.08. The fraction of sp³-hybridized carbons (Fsp3) is 0.414. The highest BCUT2D eigenvalue weighted by molar-refractivity contribution is 6.39. The molecule has 1 spiro atoms. The van der Waals surface area contributed by atoms with Gasteiger partial charge in [0.15, 0.2) is 11.3 Å². The molecule has 39 heavy (non-hydrogen) atoms. The summed E-state index contributed by atoms with van der Waals surface area (Å²) < 4.78 is 17.5. The Morgan fingerprint density at radius 1 is 1.08 bits per heavy atom. The van der Waals surface area contributed by atoms with E-state index in [1.807, 2.05) is 30.3 Å². The Bertz CT molecular complexity index is 1540. The van der Waals surface area contributed by atoms with E-state index >= 15 is 0 Å². The van der Waals surface area contributed by atoms with Gasteiger partial charge in [-0.25, -0.2) is 4.79 Å². The van der Waals surface area contributed by atoms with Crippen LogP contribution in [0.15, 0.2) is 45.4 Å². The molecule has 1 N–H and O–H groups in total. The SMILES string of the molecule is O=C(O)c1noc2cc(N3CCC4(CC3)CC(OCc3c(-c5c(Cl)cccc5Cl)noc3C3CC3)C4)ccc12. The van der Waals surface area contributed by atoms with Gasteiger partial charge in [0, 0.05) is 41.9 Å². The van der Waals surface area contributed by atoms with Crippen LogP contribution in [0.5, 0.6) is 0 Å². The monoisotopic (exact) mass is 567 g/mol. The Labute approximate surface area is 234 Å². The molecule has 202 valence electrons. The number of hydrogen-bond acceptors (Lipinski definition) is 7. The minimum absolute atomic E-state index is 0.0489. The number of fused-ring (bicyclic) bond motifs is 1. The fourth-order valence-corrected chi connectivity index (χ4v) is 6.77. The predicted octanol–water partition coefficient (Wildman–Crippen LogP) is 7.33. The zero-order chi connectivity index (χ0) is 26.7. The quantitative estimate of drug-likeness (QED) is 0.247. The maximum Gasteiger partial charge on any atom is 0.358 e. The number of anilines is 1. The molecule has 0 bridgehead atoms. The average Bonchev–Trinajstić information content (AvgIpc) is 3.52. The second-order valence-electron chi connectivity index (χ2n) is 11.1. The molecule has 8 nitrogen and oxygen atoms in total.